The number of hydrogen-bond donors (Lipinski definition) is 0. The Morgan fingerprint density at radius 2 is 1.82 bits per heavy atom. The van der Waals surface area contributed by atoms with Gasteiger partial charge in [0.05, 0.1) is 0 Å². The van der Waals surface area contributed by atoms with Gasteiger partial charge in [-0.25, -0.2) is 0 Å². The van der Waals surface area contributed by atoms with Crippen molar-refractivity contribution >= 4 is 0 Å². The van der Waals surface area contributed by atoms with Crippen LogP contribution in [-0.4, -0.2) is 0 Å². The molecule has 94 valence electrons. The van der Waals surface area contributed by atoms with Crippen molar-refractivity contribution in [1.29, 1.82) is 0 Å². The predicted molar refractivity (Wildman–Crippen MR) is 77.4 cm³/mol. The molecule has 0 heterocycles. The topological polar surface area (TPSA) is 0 Å². The molecule has 0 unspecified atom stereocenters. The van der Waals surface area contributed by atoms with Crippen molar-refractivity contribution in [3.63, 3.8) is 0 Å². The van der Waals surface area contributed by atoms with E-state index in [9.17, 15) is 0 Å². The summed E-state index contributed by atoms with van der Waals surface area (Å²) in [5.41, 5.74) is 4.35. The summed E-state index contributed by atoms with van der Waals surface area (Å²) in [5, 5.41) is 0. The SMILES string of the molecule is CCCCCCc1cccc(CC=C(C)C)c1. The van der Waals surface area contributed by atoms with Crippen LogP contribution in [0.1, 0.15) is 57.6 Å². The highest BCUT2D eigenvalue weighted by Crippen LogP contribution is 2.11. The van der Waals surface area contributed by atoms with Gasteiger partial charge in [0.1, 0.15) is 0 Å². The van der Waals surface area contributed by atoms with Gasteiger partial charge in [0, 0.05) is 0 Å². The van der Waals surface area contributed by atoms with Gasteiger partial charge in [0.15, 0.2) is 0 Å². The third-order valence-corrected chi connectivity index (χ3v) is 3.06. The van der Waals surface area contributed by atoms with E-state index in [0.29, 0.717) is 0 Å². The zero-order chi connectivity index (χ0) is 12.5. The van der Waals surface area contributed by atoms with Crippen molar-refractivity contribution in [3.05, 3.63) is 47.0 Å². The summed E-state index contributed by atoms with van der Waals surface area (Å²) in [6.07, 6.45) is 10.0. The fourth-order valence-corrected chi connectivity index (χ4v) is 1.99. The lowest BCUT2D eigenvalue weighted by molar-refractivity contribution is 0.666. The van der Waals surface area contributed by atoms with E-state index in [1.807, 2.05) is 0 Å². The quantitative estimate of drug-likeness (QED) is 0.439. The zero-order valence-corrected chi connectivity index (χ0v) is 11.6. The molecule has 0 spiro atoms. The molecular formula is C17H26. The largest absolute Gasteiger partial charge is 0.0815 e. The fourth-order valence-electron chi connectivity index (χ4n) is 1.99. The average molecular weight is 230 g/mol. The van der Waals surface area contributed by atoms with E-state index in [1.54, 1.807) is 0 Å². The minimum absolute atomic E-state index is 1.07. The highest BCUT2D eigenvalue weighted by Gasteiger charge is 1.96. The molecule has 0 aliphatic rings. The van der Waals surface area contributed by atoms with Crippen LogP contribution >= 0.6 is 0 Å². The molecule has 0 N–H and O–H groups in total. The Hall–Kier alpha value is -1.04. The average Bonchev–Trinajstić information content (AvgIpc) is 2.33. The third-order valence-electron chi connectivity index (χ3n) is 3.06. The Labute approximate surface area is 107 Å². The molecule has 1 rings (SSSR count). The molecular weight excluding hydrogens is 204 g/mol. The molecule has 0 atom stereocenters. The second-order valence-corrected chi connectivity index (χ2v) is 5.12. The Kier molecular flexibility index (Phi) is 6.69. The van der Waals surface area contributed by atoms with Gasteiger partial charge in [0.2, 0.25) is 0 Å². The number of hydrogen-bond acceptors (Lipinski definition) is 0. The summed E-state index contributed by atoms with van der Waals surface area (Å²) in [6.45, 7) is 6.59. The fraction of sp³-hybridized carbons (Fsp3) is 0.529. The second-order valence-electron chi connectivity index (χ2n) is 5.12. The second kappa shape index (κ2) is 8.11. The highest BCUT2D eigenvalue weighted by molar-refractivity contribution is 5.25. The Morgan fingerprint density at radius 1 is 1.06 bits per heavy atom. The first-order chi connectivity index (χ1) is 8.22. The van der Waals surface area contributed by atoms with Crippen molar-refractivity contribution in [2.45, 2.75) is 59.3 Å². The van der Waals surface area contributed by atoms with Gasteiger partial charge in [-0.15, -0.1) is 0 Å². The first-order valence-corrected chi connectivity index (χ1v) is 6.93. The van der Waals surface area contributed by atoms with Gasteiger partial charge >= 0.3 is 0 Å². The minimum atomic E-state index is 1.07. The number of rotatable bonds is 7. The molecule has 17 heavy (non-hydrogen) atoms. The number of aryl methyl sites for hydroxylation is 1. The van der Waals surface area contributed by atoms with E-state index in [-0.39, 0.29) is 0 Å². The summed E-state index contributed by atoms with van der Waals surface area (Å²) < 4.78 is 0. The monoisotopic (exact) mass is 230 g/mol. The maximum absolute atomic E-state index is 2.37. The lowest BCUT2D eigenvalue weighted by atomic mass is 10.0. The summed E-state index contributed by atoms with van der Waals surface area (Å²) in [5.74, 6) is 0. The van der Waals surface area contributed by atoms with Gasteiger partial charge < -0.3 is 0 Å². The van der Waals surface area contributed by atoms with Crippen molar-refractivity contribution in [3.8, 4) is 0 Å². The first-order valence-electron chi connectivity index (χ1n) is 6.93. The Bertz CT molecular complexity index is 343. The van der Waals surface area contributed by atoms with Crippen LogP contribution in [-0.2, 0) is 12.8 Å². The Balaban J connectivity index is 2.45. The molecule has 0 heteroatoms. The van der Waals surface area contributed by atoms with Gasteiger partial charge in [-0.05, 0) is 44.2 Å². The number of unbranched alkanes of at least 4 members (excludes halogenated alkanes) is 3. The zero-order valence-electron chi connectivity index (χ0n) is 11.6. The molecule has 0 radical (unpaired) electrons. The van der Waals surface area contributed by atoms with E-state index in [4.69, 9.17) is 0 Å². The molecule has 0 fully saturated rings. The highest BCUT2D eigenvalue weighted by atomic mass is 14.0. The molecule has 0 aliphatic carbocycles. The van der Waals surface area contributed by atoms with Crippen molar-refractivity contribution in [2.24, 2.45) is 0 Å². The molecule has 0 aromatic heterocycles. The van der Waals surface area contributed by atoms with Crippen LogP contribution in [0.25, 0.3) is 0 Å². The molecule has 0 bridgehead atoms. The Morgan fingerprint density at radius 3 is 2.53 bits per heavy atom. The normalized spacial score (nSPS) is 10.3. The molecule has 0 aliphatic heterocycles. The maximum Gasteiger partial charge on any atom is -0.00949 e. The summed E-state index contributed by atoms with van der Waals surface area (Å²) in [6, 6.07) is 9.06. The summed E-state index contributed by atoms with van der Waals surface area (Å²) in [7, 11) is 0. The van der Waals surface area contributed by atoms with Gasteiger partial charge in [-0.3, -0.25) is 0 Å². The summed E-state index contributed by atoms with van der Waals surface area (Å²) in [4.78, 5) is 0. The molecule has 1 aromatic carbocycles. The van der Waals surface area contributed by atoms with E-state index in [2.05, 4.69) is 51.1 Å². The van der Waals surface area contributed by atoms with Crippen LogP contribution in [0.2, 0.25) is 0 Å². The standard InChI is InChI=1S/C17H26/c1-4-5-6-7-9-16-10-8-11-17(14-16)13-12-15(2)3/h8,10-12,14H,4-7,9,13H2,1-3H3. The molecule has 0 saturated carbocycles. The molecule has 0 amide bonds. The first kappa shape index (κ1) is 14.0. The van der Waals surface area contributed by atoms with Crippen LogP contribution in [0.3, 0.4) is 0 Å². The lowest BCUT2D eigenvalue weighted by Crippen LogP contribution is -1.89. The van der Waals surface area contributed by atoms with Crippen LogP contribution in [0.15, 0.2) is 35.9 Å². The molecule has 0 nitrogen and oxygen atoms in total. The van der Waals surface area contributed by atoms with Crippen molar-refractivity contribution < 1.29 is 0 Å². The molecule has 1 aromatic rings. The van der Waals surface area contributed by atoms with Gasteiger partial charge in [-0.2, -0.15) is 0 Å². The van der Waals surface area contributed by atoms with Crippen molar-refractivity contribution in [2.75, 3.05) is 0 Å². The predicted octanol–water partition coefficient (Wildman–Crippen LogP) is 5.32. The van der Waals surface area contributed by atoms with Gasteiger partial charge in [-0.1, -0.05) is 62.1 Å². The van der Waals surface area contributed by atoms with E-state index < -0.39 is 0 Å². The van der Waals surface area contributed by atoms with Crippen LogP contribution in [0, 0.1) is 0 Å². The van der Waals surface area contributed by atoms with Crippen LogP contribution < -0.4 is 0 Å². The minimum Gasteiger partial charge on any atom is -0.0815 e. The van der Waals surface area contributed by atoms with Gasteiger partial charge in [0.25, 0.3) is 0 Å². The summed E-state index contributed by atoms with van der Waals surface area (Å²) >= 11 is 0. The number of allylic oxidation sites excluding steroid dienone is 2. The molecule has 0 saturated heterocycles. The smallest absolute Gasteiger partial charge is 0.00949 e. The van der Waals surface area contributed by atoms with Crippen LogP contribution in [0.5, 0.6) is 0 Å². The lowest BCUT2D eigenvalue weighted by Gasteiger charge is -2.04. The van der Waals surface area contributed by atoms with Crippen LogP contribution in [0.4, 0.5) is 0 Å². The van der Waals surface area contributed by atoms with Crippen molar-refractivity contribution in [1.82, 2.24) is 0 Å². The third kappa shape index (κ3) is 6.31. The van der Waals surface area contributed by atoms with E-state index >= 15 is 0 Å². The maximum atomic E-state index is 2.37. The van der Waals surface area contributed by atoms with E-state index in [1.165, 1.54) is 48.8 Å². The van der Waals surface area contributed by atoms with E-state index in [0.717, 1.165) is 6.42 Å². The number of benzene rings is 1.